The smallest absolute Gasteiger partial charge is 0.253 e. The summed E-state index contributed by atoms with van der Waals surface area (Å²) in [5.41, 5.74) is 3.32. The molecule has 1 N–H and O–H groups in total. The zero-order chi connectivity index (χ0) is 14.8. The molecule has 106 valence electrons. The third-order valence-corrected chi connectivity index (χ3v) is 3.58. The van der Waals surface area contributed by atoms with Crippen molar-refractivity contribution in [3.8, 4) is 0 Å². The van der Waals surface area contributed by atoms with E-state index in [1.807, 2.05) is 35.7 Å². The van der Waals surface area contributed by atoms with Gasteiger partial charge in [-0.3, -0.25) is 9.78 Å². The highest BCUT2D eigenvalue weighted by Gasteiger charge is 2.08. The lowest BCUT2D eigenvalue weighted by atomic mass is 10.2. The van der Waals surface area contributed by atoms with E-state index in [-0.39, 0.29) is 5.91 Å². The van der Waals surface area contributed by atoms with Crippen LogP contribution in [0.25, 0.3) is 5.65 Å². The molecule has 0 spiro atoms. The molecule has 3 aromatic heterocycles. The van der Waals surface area contributed by atoms with Crippen molar-refractivity contribution in [3.05, 3.63) is 64.3 Å². The molecule has 6 heteroatoms. The zero-order valence-electron chi connectivity index (χ0n) is 11.4. The predicted molar refractivity (Wildman–Crippen MR) is 83.0 cm³/mol. The number of aromatic nitrogens is 3. The summed E-state index contributed by atoms with van der Waals surface area (Å²) in [6.07, 6.45) is 5.11. The van der Waals surface area contributed by atoms with Crippen LogP contribution in [0.1, 0.15) is 21.7 Å². The molecule has 3 heterocycles. The molecule has 0 unspecified atom stereocenters. The van der Waals surface area contributed by atoms with Crippen molar-refractivity contribution < 1.29 is 4.79 Å². The number of aryl methyl sites for hydroxylation is 1. The van der Waals surface area contributed by atoms with Gasteiger partial charge in [0, 0.05) is 28.8 Å². The molecule has 0 bridgehead atoms. The number of nitrogens with zero attached hydrogens (tertiary/aromatic N) is 3. The number of carbonyl (C=O) groups is 1. The van der Waals surface area contributed by atoms with Crippen LogP contribution in [0.4, 0.5) is 0 Å². The van der Waals surface area contributed by atoms with Gasteiger partial charge in [-0.2, -0.15) is 0 Å². The Hall–Kier alpha value is -2.21. The molecule has 1 amide bonds. The highest BCUT2D eigenvalue weighted by molar-refractivity contribution is 9.10. The minimum atomic E-state index is -0.169. The van der Waals surface area contributed by atoms with Gasteiger partial charge in [0.25, 0.3) is 5.91 Å². The van der Waals surface area contributed by atoms with Crippen molar-refractivity contribution in [1.29, 1.82) is 0 Å². The molecular formula is C15H13BrN4O. The molecule has 0 aromatic carbocycles. The van der Waals surface area contributed by atoms with Crippen molar-refractivity contribution in [2.24, 2.45) is 0 Å². The normalized spacial score (nSPS) is 10.8. The van der Waals surface area contributed by atoms with Crippen molar-refractivity contribution in [3.63, 3.8) is 0 Å². The van der Waals surface area contributed by atoms with E-state index in [0.29, 0.717) is 12.1 Å². The highest BCUT2D eigenvalue weighted by Crippen LogP contribution is 2.10. The summed E-state index contributed by atoms with van der Waals surface area (Å²) in [5.74, 6) is -0.169. The van der Waals surface area contributed by atoms with E-state index in [2.05, 4.69) is 31.2 Å². The Labute approximate surface area is 130 Å². The maximum atomic E-state index is 12.0. The standard InChI is InChI=1S/C15H13BrN4O/c1-10-3-2-4-14-19-13(9-20(10)14)8-18-15(21)11-5-12(16)7-17-6-11/h2-7,9H,8H2,1H3,(H,18,21). The number of hydrogen-bond acceptors (Lipinski definition) is 3. The largest absolute Gasteiger partial charge is 0.346 e. The average molecular weight is 345 g/mol. The second kappa shape index (κ2) is 5.65. The minimum absolute atomic E-state index is 0.169. The second-order valence-corrected chi connectivity index (χ2v) is 5.62. The van der Waals surface area contributed by atoms with Gasteiger partial charge in [-0.15, -0.1) is 0 Å². The van der Waals surface area contributed by atoms with Crippen LogP contribution in [0.15, 0.2) is 47.3 Å². The number of fused-ring (bicyclic) bond motifs is 1. The summed E-state index contributed by atoms with van der Waals surface area (Å²) in [6.45, 7) is 2.40. The molecule has 5 nitrogen and oxygen atoms in total. The average Bonchev–Trinajstić information content (AvgIpc) is 2.89. The summed E-state index contributed by atoms with van der Waals surface area (Å²) in [7, 11) is 0. The van der Waals surface area contributed by atoms with Crippen molar-refractivity contribution in [1.82, 2.24) is 19.7 Å². The van der Waals surface area contributed by atoms with Crippen LogP contribution in [-0.4, -0.2) is 20.3 Å². The van der Waals surface area contributed by atoms with E-state index in [4.69, 9.17) is 0 Å². The number of nitrogens with one attached hydrogen (secondary N) is 1. The van der Waals surface area contributed by atoms with Crippen LogP contribution >= 0.6 is 15.9 Å². The highest BCUT2D eigenvalue weighted by atomic mass is 79.9. The Bertz CT molecular complexity index is 812. The van der Waals surface area contributed by atoms with Gasteiger partial charge in [0.15, 0.2) is 0 Å². The van der Waals surface area contributed by atoms with E-state index in [9.17, 15) is 4.79 Å². The monoisotopic (exact) mass is 344 g/mol. The topological polar surface area (TPSA) is 59.3 Å². The molecule has 0 fully saturated rings. The first-order valence-corrected chi connectivity index (χ1v) is 7.25. The summed E-state index contributed by atoms with van der Waals surface area (Å²) in [5, 5.41) is 2.85. The van der Waals surface area contributed by atoms with Crippen LogP contribution in [-0.2, 0) is 6.54 Å². The van der Waals surface area contributed by atoms with Gasteiger partial charge < -0.3 is 9.72 Å². The molecule has 0 aliphatic carbocycles. The molecular weight excluding hydrogens is 332 g/mol. The number of pyridine rings is 2. The number of rotatable bonds is 3. The van der Waals surface area contributed by atoms with Crippen LogP contribution in [0.2, 0.25) is 0 Å². The van der Waals surface area contributed by atoms with Gasteiger partial charge in [-0.25, -0.2) is 4.98 Å². The minimum Gasteiger partial charge on any atom is -0.346 e. The first-order chi connectivity index (χ1) is 10.1. The molecule has 0 saturated carbocycles. The van der Waals surface area contributed by atoms with E-state index >= 15 is 0 Å². The second-order valence-electron chi connectivity index (χ2n) is 4.70. The van der Waals surface area contributed by atoms with Gasteiger partial charge >= 0.3 is 0 Å². The lowest BCUT2D eigenvalue weighted by Gasteiger charge is -2.03. The SMILES string of the molecule is Cc1cccc2nc(CNC(=O)c3cncc(Br)c3)cn12. The zero-order valence-corrected chi connectivity index (χ0v) is 13.0. The summed E-state index contributed by atoms with van der Waals surface area (Å²) < 4.78 is 2.78. The fourth-order valence-corrected chi connectivity index (χ4v) is 2.46. The molecule has 3 rings (SSSR count). The molecule has 3 aromatic rings. The van der Waals surface area contributed by atoms with Gasteiger partial charge in [-0.1, -0.05) is 6.07 Å². The Morgan fingerprint density at radius 1 is 1.38 bits per heavy atom. The molecule has 21 heavy (non-hydrogen) atoms. The van der Waals surface area contributed by atoms with Crippen LogP contribution in [0, 0.1) is 6.92 Å². The lowest BCUT2D eigenvalue weighted by molar-refractivity contribution is 0.0950. The summed E-state index contributed by atoms with van der Waals surface area (Å²) in [4.78, 5) is 20.5. The van der Waals surface area contributed by atoms with Crippen LogP contribution in [0.5, 0.6) is 0 Å². The maximum Gasteiger partial charge on any atom is 0.253 e. The predicted octanol–water partition coefficient (Wildman–Crippen LogP) is 2.73. The van der Waals surface area contributed by atoms with Gasteiger partial charge in [-0.05, 0) is 41.1 Å². The fraction of sp³-hybridized carbons (Fsp3) is 0.133. The van der Waals surface area contributed by atoms with Crippen LogP contribution < -0.4 is 5.32 Å². The fourth-order valence-electron chi connectivity index (χ4n) is 2.09. The maximum absolute atomic E-state index is 12.0. The van der Waals surface area contributed by atoms with E-state index in [1.165, 1.54) is 6.20 Å². The molecule has 0 aliphatic rings. The third kappa shape index (κ3) is 2.95. The Morgan fingerprint density at radius 2 is 2.24 bits per heavy atom. The van der Waals surface area contributed by atoms with Gasteiger partial charge in [0.05, 0.1) is 17.8 Å². The summed E-state index contributed by atoms with van der Waals surface area (Å²) >= 11 is 3.30. The molecule has 0 atom stereocenters. The van der Waals surface area contributed by atoms with E-state index in [0.717, 1.165) is 21.5 Å². The van der Waals surface area contributed by atoms with Crippen molar-refractivity contribution in [2.75, 3.05) is 0 Å². The number of halogens is 1. The third-order valence-electron chi connectivity index (χ3n) is 3.14. The lowest BCUT2D eigenvalue weighted by Crippen LogP contribution is -2.23. The quantitative estimate of drug-likeness (QED) is 0.794. The van der Waals surface area contributed by atoms with Gasteiger partial charge in [0.2, 0.25) is 0 Å². The number of hydrogen-bond donors (Lipinski definition) is 1. The Kier molecular flexibility index (Phi) is 3.70. The van der Waals surface area contributed by atoms with E-state index < -0.39 is 0 Å². The molecule has 0 saturated heterocycles. The van der Waals surface area contributed by atoms with E-state index in [1.54, 1.807) is 12.3 Å². The van der Waals surface area contributed by atoms with Crippen molar-refractivity contribution >= 4 is 27.5 Å². The summed E-state index contributed by atoms with van der Waals surface area (Å²) in [6, 6.07) is 7.66. The van der Waals surface area contributed by atoms with Crippen molar-refractivity contribution in [2.45, 2.75) is 13.5 Å². The molecule has 0 radical (unpaired) electrons. The molecule has 0 aliphatic heterocycles. The van der Waals surface area contributed by atoms with Crippen LogP contribution in [0.3, 0.4) is 0 Å². The van der Waals surface area contributed by atoms with Gasteiger partial charge in [0.1, 0.15) is 5.65 Å². The Morgan fingerprint density at radius 3 is 3.00 bits per heavy atom. The number of amides is 1. The first kappa shape index (κ1) is 13.8. The number of carbonyl (C=O) groups excluding carboxylic acids is 1. The number of imidazole rings is 1. The Balaban J connectivity index is 1.74. The first-order valence-electron chi connectivity index (χ1n) is 6.46.